The van der Waals surface area contributed by atoms with Crippen LogP contribution in [-0.2, 0) is 6.54 Å². The van der Waals surface area contributed by atoms with E-state index in [1.165, 1.54) is 16.6 Å². The molecule has 1 aromatic carbocycles. The third-order valence-corrected chi connectivity index (χ3v) is 5.33. The Morgan fingerprint density at radius 3 is 2.86 bits per heavy atom. The number of nitrogens with one attached hydrogen (secondary N) is 2. The quantitative estimate of drug-likeness (QED) is 0.697. The molecule has 2 unspecified atom stereocenters. The minimum absolute atomic E-state index is 0.205. The maximum Gasteiger partial charge on any atom is 0.274 e. The summed E-state index contributed by atoms with van der Waals surface area (Å²) in [5.74, 6) is 1.20. The van der Waals surface area contributed by atoms with Crippen LogP contribution in [0.1, 0.15) is 38.7 Å². The molecule has 0 spiro atoms. The van der Waals surface area contributed by atoms with Crippen LogP contribution in [0, 0.1) is 17.2 Å². The minimum Gasteiger partial charge on any atom is -0.377 e. The highest BCUT2D eigenvalue weighted by atomic mass is 19.1. The Labute approximate surface area is 168 Å². The number of fused-ring (bicyclic) bond motifs is 2. The van der Waals surface area contributed by atoms with Crippen molar-refractivity contribution >= 4 is 17.0 Å². The van der Waals surface area contributed by atoms with E-state index in [4.69, 9.17) is 0 Å². The van der Waals surface area contributed by atoms with Crippen LogP contribution in [0.3, 0.4) is 0 Å². The van der Waals surface area contributed by atoms with Gasteiger partial charge in [0.05, 0.1) is 17.9 Å². The van der Waals surface area contributed by atoms with Gasteiger partial charge in [-0.25, -0.2) is 9.37 Å². The minimum atomic E-state index is -0.347. The molecule has 0 amide bonds. The van der Waals surface area contributed by atoms with Crippen molar-refractivity contribution in [2.75, 3.05) is 5.32 Å². The molecule has 2 aromatic heterocycles. The van der Waals surface area contributed by atoms with Gasteiger partial charge in [-0.1, -0.05) is 51.1 Å². The number of rotatable bonds is 4. The van der Waals surface area contributed by atoms with E-state index in [1.807, 2.05) is 19.9 Å². The molecule has 6 nitrogen and oxygen atoms in total. The topological polar surface area (TPSA) is 75.1 Å². The van der Waals surface area contributed by atoms with Gasteiger partial charge in [-0.15, -0.1) is 0 Å². The predicted octanol–water partition coefficient (Wildman–Crippen LogP) is 4.17. The number of H-pyrrole nitrogens is 1. The third kappa shape index (κ3) is 3.60. The lowest BCUT2D eigenvalue weighted by Gasteiger charge is -2.09. The molecule has 2 N–H and O–H groups in total. The van der Waals surface area contributed by atoms with Crippen LogP contribution >= 0.6 is 0 Å². The predicted molar refractivity (Wildman–Crippen MR) is 112 cm³/mol. The van der Waals surface area contributed by atoms with Gasteiger partial charge >= 0.3 is 0 Å². The van der Waals surface area contributed by atoms with Crippen LogP contribution in [-0.4, -0.2) is 19.6 Å². The number of hydrogen-bond donors (Lipinski definition) is 2. The van der Waals surface area contributed by atoms with Crippen LogP contribution in [0.5, 0.6) is 0 Å². The zero-order valence-corrected chi connectivity index (χ0v) is 16.7. The summed E-state index contributed by atoms with van der Waals surface area (Å²) in [5, 5.41) is 5.99. The maximum absolute atomic E-state index is 13.7. The molecule has 2 atom stereocenters. The molecule has 3 aromatic rings. The second-order valence-corrected chi connectivity index (χ2v) is 7.40. The Kier molecular flexibility index (Phi) is 4.82. The molecule has 5 rings (SSSR count). The lowest BCUT2D eigenvalue weighted by Crippen LogP contribution is -2.17. The van der Waals surface area contributed by atoms with E-state index in [9.17, 15) is 9.18 Å². The summed E-state index contributed by atoms with van der Waals surface area (Å²) in [5.41, 5.74) is 1.80. The van der Waals surface area contributed by atoms with Crippen molar-refractivity contribution in [1.82, 2.24) is 19.6 Å². The molecule has 2 aliphatic carbocycles. The molecule has 0 radical (unpaired) electrons. The smallest absolute Gasteiger partial charge is 0.274 e. The molecule has 0 aliphatic heterocycles. The summed E-state index contributed by atoms with van der Waals surface area (Å²) < 4.78 is 15.1. The number of aromatic amines is 1. The Balaban J connectivity index is 0.000000994. The fourth-order valence-corrected chi connectivity index (χ4v) is 3.58. The molecule has 2 heterocycles. The van der Waals surface area contributed by atoms with E-state index < -0.39 is 0 Å². The molecule has 1 fully saturated rings. The monoisotopic (exact) mass is 393 g/mol. The number of nitrogens with zero attached hydrogens (tertiary/aromatic N) is 3. The average molecular weight is 393 g/mol. The lowest BCUT2D eigenvalue weighted by molar-refractivity contribution is 0.630. The second-order valence-electron chi connectivity index (χ2n) is 7.40. The lowest BCUT2D eigenvalue weighted by atomic mass is 9.97. The summed E-state index contributed by atoms with van der Waals surface area (Å²) in [6.45, 7) is 6.46. The summed E-state index contributed by atoms with van der Waals surface area (Å²) >= 11 is 0. The van der Waals surface area contributed by atoms with E-state index >= 15 is 0 Å². The Morgan fingerprint density at radius 2 is 2.10 bits per heavy atom. The molecular weight excluding hydrogens is 369 g/mol. The fraction of sp³-hybridized carbons (Fsp3) is 0.318. The van der Waals surface area contributed by atoms with Gasteiger partial charge < -0.3 is 5.32 Å². The summed E-state index contributed by atoms with van der Waals surface area (Å²) in [7, 11) is 0. The van der Waals surface area contributed by atoms with Crippen LogP contribution in [0.25, 0.3) is 11.4 Å². The van der Waals surface area contributed by atoms with Crippen LogP contribution < -0.4 is 10.9 Å². The Morgan fingerprint density at radius 1 is 1.31 bits per heavy atom. The second kappa shape index (κ2) is 7.31. The Hall–Kier alpha value is -3.22. The van der Waals surface area contributed by atoms with Gasteiger partial charge in [-0.3, -0.25) is 9.89 Å². The normalized spacial score (nSPS) is 21.8. The zero-order valence-electron chi connectivity index (χ0n) is 16.7. The van der Waals surface area contributed by atoms with Gasteiger partial charge in [0, 0.05) is 11.6 Å². The number of anilines is 1. The number of aromatic nitrogens is 4. The maximum atomic E-state index is 13.7. The van der Waals surface area contributed by atoms with E-state index in [0.717, 1.165) is 12.0 Å². The van der Waals surface area contributed by atoms with Crippen molar-refractivity contribution in [1.29, 1.82) is 0 Å². The number of allylic oxidation sites excluding steroid dienone is 4. The van der Waals surface area contributed by atoms with Crippen molar-refractivity contribution in [3.63, 3.8) is 0 Å². The molecule has 2 aliphatic rings. The first kappa shape index (κ1) is 19.1. The van der Waals surface area contributed by atoms with E-state index in [-0.39, 0.29) is 23.3 Å². The van der Waals surface area contributed by atoms with Gasteiger partial charge in [0.15, 0.2) is 5.82 Å². The van der Waals surface area contributed by atoms with Crippen molar-refractivity contribution in [3.8, 4) is 0 Å². The zero-order chi connectivity index (χ0) is 20.6. The average Bonchev–Trinajstić information content (AvgIpc) is 3.21. The van der Waals surface area contributed by atoms with Crippen molar-refractivity contribution in [2.24, 2.45) is 11.3 Å². The summed E-state index contributed by atoms with van der Waals surface area (Å²) in [4.78, 5) is 21.3. The van der Waals surface area contributed by atoms with E-state index in [1.54, 1.807) is 18.2 Å². The third-order valence-electron chi connectivity index (χ3n) is 5.33. The number of benzene rings is 1. The van der Waals surface area contributed by atoms with Gasteiger partial charge in [-0.2, -0.15) is 9.50 Å². The largest absolute Gasteiger partial charge is 0.377 e. The SMILES string of the molecule is CC.CC12C=C(c3nc4nc(CNc5ccccc5F)cc(=O)n4[nH]3)C=CC1C2. The number of hydrogen-bond acceptors (Lipinski definition) is 4. The first-order valence-corrected chi connectivity index (χ1v) is 9.90. The molecule has 29 heavy (non-hydrogen) atoms. The standard InChI is InChI=1S/C20H18FN5O.C2H6/c1-20-9-12(6-7-13(20)10-20)18-24-19-23-14(8-17(27)26(19)25-18)11-22-16-5-3-2-4-15(16)21;1-2/h2-9,13,22H,10-11H2,1H3,(H,23,24,25);1-2H3. The first-order valence-electron chi connectivity index (χ1n) is 9.90. The van der Waals surface area contributed by atoms with Crippen molar-refractivity contribution in [2.45, 2.75) is 33.7 Å². The fourth-order valence-electron chi connectivity index (χ4n) is 3.58. The van der Waals surface area contributed by atoms with Crippen LogP contribution in [0.2, 0.25) is 0 Å². The van der Waals surface area contributed by atoms with Gasteiger partial charge in [0.1, 0.15) is 5.82 Å². The summed E-state index contributed by atoms with van der Waals surface area (Å²) in [6.07, 6.45) is 7.60. The summed E-state index contributed by atoms with van der Waals surface area (Å²) in [6, 6.07) is 7.81. The Bertz CT molecular complexity index is 1180. The van der Waals surface area contributed by atoms with Gasteiger partial charge in [-0.05, 0) is 29.9 Å². The van der Waals surface area contributed by atoms with Gasteiger partial charge in [0.25, 0.3) is 11.3 Å². The molecule has 0 saturated heterocycles. The molecule has 7 heteroatoms. The highest BCUT2D eigenvalue weighted by Gasteiger charge is 2.48. The van der Waals surface area contributed by atoms with Crippen molar-refractivity contribution in [3.05, 3.63) is 76.2 Å². The van der Waals surface area contributed by atoms with E-state index in [2.05, 4.69) is 39.5 Å². The highest BCUT2D eigenvalue weighted by molar-refractivity contribution is 5.73. The van der Waals surface area contributed by atoms with E-state index in [0.29, 0.717) is 28.9 Å². The molecule has 1 saturated carbocycles. The molecule has 150 valence electrons. The van der Waals surface area contributed by atoms with Crippen molar-refractivity contribution < 1.29 is 4.39 Å². The first-order chi connectivity index (χ1) is 14.0. The molecular formula is C22H24FN5O. The van der Waals surface area contributed by atoms with Crippen LogP contribution in [0.4, 0.5) is 10.1 Å². The van der Waals surface area contributed by atoms with Gasteiger partial charge in [0.2, 0.25) is 0 Å². The number of para-hydroxylation sites is 1. The molecule has 0 bridgehead atoms. The highest BCUT2D eigenvalue weighted by Crippen LogP contribution is 2.57. The van der Waals surface area contributed by atoms with Crippen LogP contribution in [0.15, 0.2) is 53.4 Å². The number of halogens is 1.